The smallest absolute Gasteiger partial charge is 0.258 e. The van der Waals surface area contributed by atoms with Gasteiger partial charge in [0.1, 0.15) is 5.75 Å². The number of benzene rings is 1. The van der Waals surface area contributed by atoms with Crippen LogP contribution in [0.25, 0.3) is 0 Å². The zero-order chi connectivity index (χ0) is 13.7. The van der Waals surface area contributed by atoms with Crippen LogP contribution in [0, 0.1) is 0 Å². The molecule has 0 aliphatic carbocycles. The van der Waals surface area contributed by atoms with Gasteiger partial charge in [0.05, 0.1) is 22.8 Å². The Hall–Kier alpha value is -1.30. The molecule has 2 aromatic rings. The second kappa shape index (κ2) is 6.75. The molecule has 1 amide bonds. The van der Waals surface area contributed by atoms with E-state index in [0.29, 0.717) is 22.3 Å². The first-order chi connectivity index (χ1) is 9.15. The lowest BCUT2D eigenvalue weighted by Gasteiger charge is -2.08. The molecule has 0 aliphatic heterocycles. The molecule has 4 nitrogen and oxygen atoms in total. The second-order valence-corrected chi connectivity index (χ2v) is 5.18. The predicted molar refractivity (Wildman–Crippen MR) is 75.9 cm³/mol. The Kier molecular flexibility index (Phi) is 5.01. The molecule has 1 N–H and O–H groups in total. The summed E-state index contributed by atoms with van der Waals surface area (Å²) in [6, 6.07) is 4.83. The maximum absolute atomic E-state index is 11.6. The summed E-state index contributed by atoms with van der Waals surface area (Å²) in [5, 5.41) is 5.46. The summed E-state index contributed by atoms with van der Waals surface area (Å²) < 4.78 is 5.30. The topological polar surface area (TPSA) is 51.2 Å². The lowest BCUT2D eigenvalue weighted by atomic mass is 10.3. The summed E-state index contributed by atoms with van der Waals surface area (Å²) in [5.74, 6) is 0.189. The number of thiazole rings is 1. The summed E-state index contributed by atoms with van der Waals surface area (Å²) in [6.45, 7) is 0.283. The summed E-state index contributed by atoms with van der Waals surface area (Å²) in [4.78, 5) is 15.6. The maximum Gasteiger partial charge on any atom is 0.258 e. The summed E-state index contributed by atoms with van der Waals surface area (Å²) >= 11 is 13.2. The van der Waals surface area contributed by atoms with Gasteiger partial charge in [-0.25, -0.2) is 4.98 Å². The number of ether oxygens (including phenoxy) is 1. The molecule has 0 saturated carbocycles. The molecule has 0 aliphatic rings. The van der Waals surface area contributed by atoms with Gasteiger partial charge in [0, 0.05) is 10.4 Å². The van der Waals surface area contributed by atoms with Gasteiger partial charge in [0.25, 0.3) is 5.91 Å². The van der Waals surface area contributed by atoms with Crippen LogP contribution in [0.15, 0.2) is 29.1 Å². The predicted octanol–water partition coefficient (Wildman–Crippen LogP) is 3.15. The summed E-state index contributed by atoms with van der Waals surface area (Å²) in [7, 11) is 0. The molecular formula is C12H10Cl2N2O2S. The zero-order valence-electron chi connectivity index (χ0n) is 9.73. The lowest BCUT2D eigenvalue weighted by Crippen LogP contribution is -2.28. The number of aromatic nitrogens is 1. The standard InChI is InChI=1S/C12H10Cl2N2O2S/c13-8-1-2-11(10(14)3-8)18-5-12(17)15-4-9-6-19-7-16-9/h1-3,6-7H,4-5H2,(H,15,17). The molecular weight excluding hydrogens is 307 g/mol. The average molecular weight is 317 g/mol. The van der Waals surface area contributed by atoms with Crippen molar-refractivity contribution in [3.8, 4) is 5.75 Å². The van der Waals surface area contributed by atoms with Gasteiger partial charge in [-0.3, -0.25) is 4.79 Å². The molecule has 1 heterocycles. The highest BCUT2D eigenvalue weighted by Gasteiger charge is 2.06. The minimum atomic E-state index is -0.237. The molecule has 1 aromatic carbocycles. The van der Waals surface area contributed by atoms with E-state index >= 15 is 0 Å². The summed E-state index contributed by atoms with van der Waals surface area (Å²) in [5.41, 5.74) is 2.54. The largest absolute Gasteiger partial charge is 0.482 e. The fourth-order valence-corrected chi connectivity index (χ4v) is 2.32. The van der Waals surface area contributed by atoms with E-state index in [-0.39, 0.29) is 12.5 Å². The van der Waals surface area contributed by atoms with Crippen LogP contribution in [0.1, 0.15) is 5.69 Å². The van der Waals surface area contributed by atoms with Crippen LogP contribution < -0.4 is 10.1 Å². The van der Waals surface area contributed by atoms with Crippen molar-refractivity contribution in [2.24, 2.45) is 0 Å². The minimum Gasteiger partial charge on any atom is -0.482 e. The van der Waals surface area contributed by atoms with Gasteiger partial charge in [-0.2, -0.15) is 0 Å². The quantitative estimate of drug-likeness (QED) is 0.922. The van der Waals surface area contributed by atoms with Crippen molar-refractivity contribution in [1.29, 1.82) is 0 Å². The highest BCUT2D eigenvalue weighted by atomic mass is 35.5. The van der Waals surface area contributed by atoms with Gasteiger partial charge in [0.15, 0.2) is 6.61 Å². The maximum atomic E-state index is 11.6. The van der Waals surface area contributed by atoms with Gasteiger partial charge in [-0.05, 0) is 18.2 Å². The van der Waals surface area contributed by atoms with Crippen LogP contribution in [-0.4, -0.2) is 17.5 Å². The fraction of sp³-hybridized carbons (Fsp3) is 0.167. The van der Waals surface area contributed by atoms with Crippen molar-refractivity contribution < 1.29 is 9.53 Å². The number of hydrogen-bond acceptors (Lipinski definition) is 4. The normalized spacial score (nSPS) is 10.2. The number of carbonyl (C=O) groups excluding carboxylic acids is 1. The van der Waals surface area contributed by atoms with E-state index in [1.54, 1.807) is 23.7 Å². The highest BCUT2D eigenvalue weighted by Crippen LogP contribution is 2.27. The Morgan fingerprint density at radius 1 is 1.42 bits per heavy atom. The lowest BCUT2D eigenvalue weighted by molar-refractivity contribution is -0.123. The molecule has 7 heteroatoms. The third-order valence-electron chi connectivity index (χ3n) is 2.20. The molecule has 0 fully saturated rings. The van der Waals surface area contributed by atoms with E-state index in [4.69, 9.17) is 27.9 Å². The first-order valence-electron chi connectivity index (χ1n) is 5.37. The van der Waals surface area contributed by atoms with Gasteiger partial charge >= 0.3 is 0 Å². The number of amides is 1. The van der Waals surface area contributed by atoms with Crippen LogP contribution in [0.2, 0.25) is 10.0 Å². The van der Waals surface area contributed by atoms with Crippen LogP contribution >= 0.6 is 34.5 Å². The zero-order valence-corrected chi connectivity index (χ0v) is 12.1. The third-order valence-corrected chi connectivity index (χ3v) is 3.37. The van der Waals surface area contributed by atoms with Crippen molar-refractivity contribution >= 4 is 40.4 Å². The highest BCUT2D eigenvalue weighted by molar-refractivity contribution is 7.07. The van der Waals surface area contributed by atoms with Crippen molar-refractivity contribution in [3.63, 3.8) is 0 Å². The number of carbonyl (C=O) groups is 1. The Morgan fingerprint density at radius 3 is 2.95 bits per heavy atom. The van der Waals surface area contributed by atoms with Crippen molar-refractivity contribution in [2.45, 2.75) is 6.54 Å². The van der Waals surface area contributed by atoms with E-state index in [0.717, 1.165) is 5.69 Å². The van der Waals surface area contributed by atoms with E-state index in [1.165, 1.54) is 11.3 Å². The molecule has 0 radical (unpaired) electrons. The fourth-order valence-electron chi connectivity index (χ4n) is 1.30. The number of nitrogens with zero attached hydrogens (tertiary/aromatic N) is 1. The second-order valence-electron chi connectivity index (χ2n) is 3.62. The number of rotatable bonds is 5. The number of nitrogens with one attached hydrogen (secondary N) is 1. The molecule has 0 spiro atoms. The van der Waals surface area contributed by atoms with Crippen LogP contribution in [0.4, 0.5) is 0 Å². The monoisotopic (exact) mass is 316 g/mol. The molecule has 1 aromatic heterocycles. The first kappa shape index (κ1) is 14.1. The Morgan fingerprint density at radius 2 is 2.26 bits per heavy atom. The van der Waals surface area contributed by atoms with Crippen LogP contribution in [0.3, 0.4) is 0 Å². The average Bonchev–Trinajstić information content (AvgIpc) is 2.88. The van der Waals surface area contributed by atoms with E-state index in [9.17, 15) is 4.79 Å². The molecule has 0 bridgehead atoms. The van der Waals surface area contributed by atoms with E-state index in [2.05, 4.69) is 10.3 Å². The molecule has 0 atom stereocenters. The third kappa shape index (κ3) is 4.38. The summed E-state index contributed by atoms with van der Waals surface area (Å²) in [6.07, 6.45) is 0. The van der Waals surface area contributed by atoms with Gasteiger partial charge < -0.3 is 10.1 Å². The Labute approximate surface area is 124 Å². The van der Waals surface area contributed by atoms with Gasteiger partial charge in [-0.1, -0.05) is 23.2 Å². The Balaban J connectivity index is 1.80. The first-order valence-corrected chi connectivity index (χ1v) is 7.06. The minimum absolute atomic E-state index is 0.106. The van der Waals surface area contributed by atoms with E-state index < -0.39 is 0 Å². The number of halogens is 2. The van der Waals surface area contributed by atoms with Crippen LogP contribution in [-0.2, 0) is 11.3 Å². The number of hydrogen-bond donors (Lipinski definition) is 1. The molecule has 100 valence electrons. The molecule has 0 unspecified atom stereocenters. The molecule has 2 rings (SSSR count). The molecule has 19 heavy (non-hydrogen) atoms. The SMILES string of the molecule is O=C(COc1ccc(Cl)cc1Cl)NCc1cscn1. The van der Waals surface area contributed by atoms with Gasteiger partial charge in [-0.15, -0.1) is 11.3 Å². The van der Waals surface area contributed by atoms with E-state index in [1.807, 2.05) is 5.38 Å². The van der Waals surface area contributed by atoms with Crippen LogP contribution in [0.5, 0.6) is 5.75 Å². The van der Waals surface area contributed by atoms with Crippen molar-refractivity contribution in [1.82, 2.24) is 10.3 Å². The Bertz CT molecular complexity index is 561. The van der Waals surface area contributed by atoms with Crippen molar-refractivity contribution in [2.75, 3.05) is 6.61 Å². The van der Waals surface area contributed by atoms with Gasteiger partial charge in [0.2, 0.25) is 0 Å². The van der Waals surface area contributed by atoms with Crippen molar-refractivity contribution in [3.05, 3.63) is 44.8 Å². The molecule has 0 saturated heterocycles.